The first-order valence-electron chi connectivity index (χ1n) is 11.3. The van der Waals surface area contributed by atoms with Crippen molar-refractivity contribution in [1.82, 2.24) is 5.32 Å². The Balaban J connectivity index is 0.000000696. The lowest BCUT2D eigenvalue weighted by Crippen LogP contribution is -2.09. The van der Waals surface area contributed by atoms with Crippen LogP contribution in [0.5, 0.6) is 0 Å². The lowest BCUT2D eigenvalue weighted by molar-refractivity contribution is 0.593. The molecule has 0 aliphatic heterocycles. The summed E-state index contributed by atoms with van der Waals surface area (Å²) >= 11 is 0. The number of unbranched alkanes of at least 4 members (excludes halogenated alkanes) is 3. The fourth-order valence-electron chi connectivity index (χ4n) is 3.77. The SMILES string of the molecule is CCCCCCC(c1cc(C)ccc1C)c1cc(C)ccc1C.CCNCC. The Morgan fingerprint density at radius 1 is 0.679 bits per heavy atom. The van der Waals surface area contributed by atoms with E-state index in [4.69, 9.17) is 0 Å². The van der Waals surface area contributed by atoms with Gasteiger partial charge >= 0.3 is 0 Å². The predicted molar refractivity (Wildman–Crippen MR) is 127 cm³/mol. The fraction of sp³-hybridized carbons (Fsp3) is 0.556. The molecule has 0 bridgehead atoms. The van der Waals surface area contributed by atoms with E-state index in [9.17, 15) is 0 Å². The van der Waals surface area contributed by atoms with Gasteiger partial charge in [0.15, 0.2) is 0 Å². The van der Waals surface area contributed by atoms with Crippen LogP contribution in [-0.4, -0.2) is 13.1 Å². The van der Waals surface area contributed by atoms with Crippen molar-refractivity contribution in [2.24, 2.45) is 0 Å². The summed E-state index contributed by atoms with van der Waals surface area (Å²) in [6.45, 7) is 17.6. The van der Waals surface area contributed by atoms with Crippen LogP contribution in [0.3, 0.4) is 0 Å². The number of hydrogen-bond acceptors (Lipinski definition) is 1. The van der Waals surface area contributed by atoms with Crippen LogP contribution < -0.4 is 5.32 Å². The molecule has 1 N–H and O–H groups in total. The number of nitrogens with one attached hydrogen (secondary N) is 1. The third-order valence-electron chi connectivity index (χ3n) is 5.47. The highest BCUT2D eigenvalue weighted by Crippen LogP contribution is 2.35. The average molecular weight is 382 g/mol. The predicted octanol–water partition coefficient (Wildman–Crippen LogP) is 7.64. The summed E-state index contributed by atoms with van der Waals surface area (Å²) in [5.41, 5.74) is 8.64. The molecule has 0 aliphatic carbocycles. The highest BCUT2D eigenvalue weighted by atomic mass is 14.8. The molecule has 0 saturated heterocycles. The van der Waals surface area contributed by atoms with E-state index < -0.39 is 0 Å². The highest BCUT2D eigenvalue weighted by Gasteiger charge is 2.18. The number of hydrogen-bond donors (Lipinski definition) is 1. The molecule has 0 aromatic heterocycles. The van der Waals surface area contributed by atoms with Crippen molar-refractivity contribution in [3.8, 4) is 0 Å². The number of rotatable bonds is 9. The van der Waals surface area contributed by atoms with E-state index in [1.165, 1.54) is 65.5 Å². The van der Waals surface area contributed by atoms with E-state index in [1.54, 1.807) is 0 Å². The molecule has 0 aliphatic rings. The van der Waals surface area contributed by atoms with Gasteiger partial charge in [-0.15, -0.1) is 0 Å². The van der Waals surface area contributed by atoms with Crippen molar-refractivity contribution >= 4 is 0 Å². The van der Waals surface area contributed by atoms with E-state index >= 15 is 0 Å². The highest BCUT2D eigenvalue weighted by molar-refractivity contribution is 5.43. The van der Waals surface area contributed by atoms with Gasteiger partial charge in [0, 0.05) is 5.92 Å². The van der Waals surface area contributed by atoms with Crippen molar-refractivity contribution in [3.05, 3.63) is 69.8 Å². The second kappa shape index (κ2) is 13.6. The molecule has 0 fully saturated rings. The lowest BCUT2D eigenvalue weighted by Gasteiger charge is -2.23. The molecule has 0 unspecified atom stereocenters. The molecule has 0 radical (unpaired) electrons. The van der Waals surface area contributed by atoms with Crippen LogP contribution in [0.15, 0.2) is 36.4 Å². The molecule has 2 aromatic rings. The zero-order valence-electron chi connectivity index (χ0n) is 19.5. The maximum absolute atomic E-state index is 3.11. The van der Waals surface area contributed by atoms with Crippen LogP contribution in [0.4, 0.5) is 0 Å². The van der Waals surface area contributed by atoms with E-state index in [0.29, 0.717) is 5.92 Å². The molecule has 0 heterocycles. The van der Waals surface area contributed by atoms with Gasteiger partial charge in [0.1, 0.15) is 0 Å². The van der Waals surface area contributed by atoms with Crippen LogP contribution in [0.1, 0.15) is 92.2 Å². The molecule has 0 saturated carbocycles. The normalized spacial score (nSPS) is 10.7. The maximum Gasteiger partial charge on any atom is 0.00947 e. The standard InChI is InChI=1S/C23H32.C4H11N/c1-6-7-8-9-10-21(22-15-17(2)11-13-19(22)4)23-16-18(3)12-14-20(23)5;1-3-5-4-2/h11-16,21H,6-10H2,1-5H3;5H,3-4H2,1-2H3. The summed E-state index contributed by atoms with van der Waals surface area (Å²) in [6.07, 6.45) is 6.58. The largest absolute Gasteiger partial charge is 0.317 e. The quantitative estimate of drug-likeness (QED) is 0.440. The average Bonchev–Trinajstić information content (AvgIpc) is 2.67. The Hall–Kier alpha value is -1.60. The van der Waals surface area contributed by atoms with Gasteiger partial charge < -0.3 is 5.32 Å². The van der Waals surface area contributed by atoms with Crippen LogP contribution >= 0.6 is 0 Å². The summed E-state index contributed by atoms with van der Waals surface area (Å²) < 4.78 is 0. The molecule has 1 heteroatoms. The minimum absolute atomic E-state index is 0.534. The zero-order chi connectivity index (χ0) is 20.9. The van der Waals surface area contributed by atoms with Crippen LogP contribution in [0.25, 0.3) is 0 Å². The Morgan fingerprint density at radius 2 is 1.18 bits per heavy atom. The molecule has 1 nitrogen and oxygen atoms in total. The molecule has 0 atom stereocenters. The lowest BCUT2D eigenvalue weighted by atomic mass is 9.81. The van der Waals surface area contributed by atoms with Gasteiger partial charge in [-0.05, 0) is 69.5 Å². The van der Waals surface area contributed by atoms with E-state index in [2.05, 4.69) is 90.2 Å². The Bertz CT molecular complexity index is 633. The molecule has 0 spiro atoms. The van der Waals surface area contributed by atoms with Gasteiger partial charge in [0.2, 0.25) is 0 Å². The van der Waals surface area contributed by atoms with Gasteiger partial charge in [-0.25, -0.2) is 0 Å². The summed E-state index contributed by atoms with van der Waals surface area (Å²) in [4.78, 5) is 0. The topological polar surface area (TPSA) is 12.0 Å². The second-order valence-electron chi connectivity index (χ2n) is 8.08. The van der Waals surface area contributed by atoms with E-state index in [0.717, 1.165) is 13.1 Å². The molecule has 0 amide bonds. The minimum atomic E-state index is 0.534. The molecule has 156 valence electrons. The first-order valence-corrected chi connectivity index (χ1v) is 11.3. The van der Waals surface area contributed by atoms with E-state index in [1.807, 2.05) is 0 Å². The Kier molecular flexibility index (Phi) is 11.8. The molecule has 2 rings (SSSR count). The van der Waals surface area contributed by atoms with Gasteiger partial charge in [-0.3, -0.25) is 0 Å². The van der Waals surface area contributed by atoms with Crippen molar-refractivity contribution in [2.45, 2.75) is 86.5 Å². The Morgan fingerprint density at radius 3 is 1.57 bits per heavy atom. The first-order chi connectivity index (χ1) is 13.4. The summed E-state index contributed by atoms with van der Waals surface area (Å²) in [7, 11) is 0. The van der Waals surface area contributed by atoms with Gasteiger partial charge in [0.25, 0.3) is 0 Å². The maximum atomic E-state index is 3.11. The van der Waals surface area contributed by atoms with Crippen LogP contribution in [0, 0.1) is 27.7 Å². The van der Waals surface area contributed by atoms with Gasteiger partial charge in [-0.1, -0.05) is 94.0 Å². The zero-order valence-corrected chi connectivity index (χ0v) is 19.5. The third kappa shape index (κ3) is 8.19. The van der Waals surface area contributed by atoms with Crippen molar-refractivity contribution in [2.75, 3.05) is 13.1 Å². The molecule has 28 heavy (non-hydrogen) atoms. The van der Waals surface area contributed by atoms with E-state index in [-0.39, 0.29) is 0 Å². The van der Waals surface area contributed by atoms with Crippen molar-refractivity contribution in [3.63, 3.8) is 0 Å². The fourth-order valence-corrected chi connectivity index (χ4v) is 3.77. The second-order valence-corrected chi connectivity index (χ2v) is 8.08. The smallest absolute Gasteiger partial charge is 0.00947 e. The monoisotopic (exact) mass is 381 g/mol. The van der Waals surface area contributed by atoms with Crippen LogP contribution in [-0.2, 0) is 0 Å². The van der Waals surface area contributed by atoms with Gasteiger partial charge in [0.05, 0.1) is 0 Å². The van der Waals surface area contributed by atoms with Gasteiger partial charge in [-0.2, -0.15) is 0 Å². The summed E-state index contributed by atoms with van der Waals surface area (Å²) in [6, 6.07) is 13.8. The van der Waals surface area contributed by atoms with Crippen molar-refractivity contribution in [1.29, 1.82) is 0 Å². The minimum Gasteiger partial charge on any atom is -0.317 e. The number of aryl methyl sites for hydroxylation is 4. The Labute approximate surface area is 175 Å². The van der Waals surface area contributed by atoms with Crippen LogP contribution in [0.2, 0.25) is 0 Å². The summed E-state index contributed by atoms with van der Waals surface area (Å²) in [5.74, 6) is 0.534. The molecule has 2 aromatic carbocycles. The first kappa shape index (κ1) is 24.4. The summed E-state index contributed by atoms with van der Waals surface area (Å²) in [5, 5.41) is 3.11. The third-order valence-corrected chi connectivity index (χ3v) is 5.47. The number of benzene rings is 2. The van der Waals surface area contributed by atoms with Crippen molar-refractivity contribution < 1.29 is 0 Å². The molecular formula is C27H43N. The molecular weight excluding hydrogens is 338 g/mol.